The van der Waals surface area contributed by atoms with Crippen LogP contribution in [0.25, 0.3) is 6.08 Å². The Labute approximate surface area is 192 Å². The summed E-state index contributed by atoms with van der Waals surface area (Å²) < 4.78 is 12.5. The van der Waals surface area contributed by atoms with E-state index in [1.807, 2.05) is 61.6 Å². The SMILES string of the molecule is COc1cc([N+](=O)[O-])cc2c1OC1(C=C2)N(N(C)C)c2ccccc2C1(C)c1ccccc1. The predicted octanol–water partition coefficient (Wildman–Crippen LogP) is 5.01. The lowest BCUT2D eigenvalue weighted by atomic mass is 9.69. The number of hydrogen-bond acceptors (Lipinski definition) is 6. The second-order valence-electron chi connectivity index (χ2n) is 8.62. The summed E-state index contributed by atoms with van der Waals surface area (Å²) in [5.41, 5.74) is 2.24. The van der Waals surface area contributed by atoms with Crippen molar-refractivity contribution in [3.63, 3.8) is 0 Å². The number of hydrazine groups is 1. The first kappa shape index (κ1) is 21.0. The molecule has 33 heavy (non-hydrogen) atoms. The number of rotatable bonds is 4. The number of non-ortho nitro benzene ring substituents is 1. The maximum atomic E-state index is 11.5. The summed E-state index contributed by atoms with van der Waals surface area (Å²) in [5, 5.41) is 15.6. The molecule has 0 aliphatic carbocycles. The number of anilines is 1. The summed E-state index contributed by atoms with van der Waals surface area (Å²) in [6.45, 7) is 2.18. The van der Waals surface area contributed by atoms with Gasteiger partial charge in [0.15, 0.2) is 11.5 Å². The molecule has 3 aromatic rings. The molecule has 2 atom stereocenters. The Morgan fingerprint density at radius 2 is 1.76 bits per heavy atom. The highest BCUT2D eigenvalue weighted by Crippen LogP contribution is 2.59. The van der Waals surface area contributed by atoms with Gasteiger partial charge in [-0.25, -0.2) is 5.01 Å². The summed E-state index contributed by atoms with van der Waals surface area (Å²) in [6.07, 6.45) is 3.91. The van der Waals surface area contributed by atoms with Crippen molar-refractivity contribution in [3.8, 4) is 11.5 Å². The van der Waals surface area contributed by atoms with Crippen molar-refractivity contribution in [2.45, 2.75) is 18.1 Å². The van der Waals surface area contributed by atoms with Gasteiger partial charge in [-0.2, -0.15) is 0 Å². The minimum atomic E-state index is -0.974. The first-order chi connectivity index (χ1) is 15.8. The van der Waals surface area contributed by atoms with Crippen LogP contribution in [0.15, 0.2) is 72.8 Å². The Kier molecular flexibility index (Phi) is 4.68. The molecule has 0 bridgehead atoms. The first-order valence-electron chi connectivity index (χ1n) is 10.7. The van der Waals surface area contributed by atoms with Crippen LogP contribution >= 0.6 is 0 Å². The van der Waals surface area contributed by atoms with Crippen molar-refractivity contribution >= 4 is 17.5 Å². The molecular weight excluding hydrogens is 418 g/mol. The maximum Gasteiger partial charge on any atom is 0.274 e. The Bertz CT molecular complexity index is 1270. The van der Waals surface area contributed by atoms with Gasteiger partial charge in [-0.3, -0.25) is 15.1 Å². The largest absolute Gasteiger partial charge is 0.493 e. The van der Waals surface area contributed by atoms with E-state index in [-0.39, 0.29) is 5.69 Å². The molecule has 0 amide bonds. The van der Waals surface area contributed by atoms with Gasteiger partial charge in [0.25, 0.3) is 5.69 Å². The van der Waals surface area contributed by atoms with Gasteiger partial charge in [0.05, 0.1) is 29.2 Å². The van der Waals surface area contributed by atoms with Gasteiger partial charge in [0, 0.05) is 25.7 Å². The number of nitro groups is 1. The van der Waals surface area contributed by atoms with E-state index < -0.39 is 16.1 Å². The van der Waals surface area contributed by atoms with Crippen LogP contribution in [0.3, 0.4) is 0 Å². The van der Waals surface area contributed by atoms with Crippen LogP contribution in [0.2, 0.25) is 0 Å². The number of nitro benzene ring substituents is 1. The second kappa shape index (κ2) is 7.35. The number of para-hydroxylation sites is 1. The summed E-state index contributed by atoms with van der Waals surface area (Å²) >= 11 is 0. The Hall–Kier alpha value is -3.84. The van der Waals surface area contributed by atoms with Crippen molar-refractivity contribution in [1.82, 2.24) is 5.01 Å². The van der Waals surface area contributed by atoms with E-state index in [1.165, 1.54) is 19.2 Å². The zero-order chi connectivity index (χ0) is 23.4. The summed E-state index contributed by atoms with van der Waals surface area (Å²) in [5.74, 6) is 0.806. The molecule has 2 aliphatic rings. The zero-order valence-electron chi connectivity index (χ0n) is 19.0. The fraction of sp³-hybridized carbons (Fsp3) is 0.231. The first-order valence-corrected chi connectivity index (χ1v) is 10.7. The monoisotopic (exact) mass is 443 g/mol. The van der Waals surface area contributed by atoms with Crippen molar-refractivity contribution in [2.24, 2.45) is 0 Å². The molecule has 0 radical (unpaired) electrons. The summed E-state index contributed by atoms with van der Waals surface area (Å²) in [4.78, 5) is 11.0. The van der Waals surface area contributed by atoms with E-state index in [0.717, 1.165) is 16.8 Å². The van der Waals surface area contributed by atoms with E-state index in [0.29, 0.717) is 17.1 Å². The third-order valence-electron chi connectivity index (χ3n) is 6.70. The normalized spacial score (nSPS) is 22.8. The van der Waals surface area contributed by atoms with E-state index in [9.17, 15) is 10.1 Å². The fourth-order valence-electron chi connectivity index (χ4n) is 5.18. The van der Waals surface area contributed by atoms with Crippen molar-refractivity contribution < 1.29 is 14.4 Å². The topological polar surface area (TPSA) is 68.1 Å². The number of methoxy groups -OCH3 is 1. The smallest absolute Gasteiger partial charge is 0.274 e. The van der Waals surface area contributed by atoms with Gasteiger partial charge in [0.2, 0.25) is 5.72 Å². The third-order valence-corrected chi connectivity index (χ3v) is 6.70. The third kappa shape index (κ3) is 2.79. The second-order valence-corrected chi connectivity index (χ2v) is 8.62. The lowest BCUT2D eigenvalue weighted by Gasteiger charge is -2.50. The van der Waals surface area contributed by atoms with Crippen LogP contribution in [0.1, 0.15) is 23.6 Å². The fourth-order valence-corrected chi connectivity index (χ4v) is 5.18. The molecule has 3 aromatic carbocycles. The Morgan fingerprint density at radius 3 is 2.42 bits per heavy atom. The van der Waals surface area contributed by atoms with Crippen LogP contribution < -0.4 is 14.5 Å². The number of benzene rings is 3. The van der Waals surface area contributed by atoms with Gasteiger partial charge in [-0.15, -0.1) is 0 Å². The molecule has 0 aromatic heterocycles. The van der Waals surface area contributed by atoms with Gasteiger partial charge in [0.1, 0.15) is 0 Å². The van der Waals surface area contributed by atoms with E-state index in [2.05, 4.69) is 36.2 Å². The molecule has 0 saturated carbocycles. The van der Waals surface area contributed by atoms with Gasteiger partial charge in [-0.1, -0.05) is 48.5 Å². The molecule has 0 N–H and O–H groups in total. The molecule has 0 fully saturated rings. The van der Waals surface area contributed by atoms with Crippen molar-refractivity contribution in [3.05, 3.63) is 99.6 Å². The Balaban J connectivity index is 1.81. The van der Waals surface area contributed by atoms with Crippen LogP contribution in [-0.4, -0.2) is 36.9 Å². The van der Waals surface area contributed by atoms with Gasteiger partial charge in [-0.05, 0) is 36.3 Å². The number of nitrogens with zero attached hydrogens (tertiary/aromatic N) is 3. The molecule has 0 saturated heterocycles. The average Bonchev–Trinajstić information content (AvgIpc) is 3.04. The average molecular weight is 444 g/mol. The predicted molar refractivity (Wildman–Crippen MR) is 128 cm³/mol. The molecule has 2 heterocycles. The molecule has 2 unspecified atom stereocenters. The molecule has 1 spiro atoms. The minimum Gasteiger partial charge on any atom is -0.493 e. The van der Waals surface area contributed by atoms with Gasteiger partial charge < -0.3 is 9.47 Å². The Morgan fingerprint density at radius 1 is 1.06 bits per heavy atom. The molecule has 2 aliphatic heterocycles. The minimum absolute atomic E-state index is 0.0419. The van der Waals surface area contributed by atoms with Crippen LogP contribution in [0.5, 0.6) is 11.5 Å². The van der Waals surface area contributed by atoms with E-state index in [4.69, 9.17) is 9.47 Å². The molecule has 168 valence electrons. The highest BCUT2D eigenvalue weighted by molar-refractivity contribution is 5.76. The highest BCUT2D eigenvalue weighted by Gasteiger charge is 2.63. The van der Waals surface area contributed by atoms with Crippen LogP contribution in [-0.2, 0) is 5.41 Å². The lowest BCUT2D eigenvalue weighted by Crippen LogP contribution is -2.64. The van der Waals surface area contributed by atoms with Crippen LogP contribution in [0, 0.1) is 10.1 Å². The zero-order valence-corrected chi connectivity index (χ0v) is 19.0. The molecular formula is C26H25N3O4. The number of hydrogen-bond donors (Lipinski definition) is 0. The standard InChI is InChI=1S/C26H25N3O4/c1-25(19-10-6-5-7-11-19)21-12-8-9-13-22(21)28(27(2)3)26(25)15-14-18-16-20(29(30)31)17-23(32-4)24(18)33-26/h5-17H,1-4H3. The maximum absolute atomic E-state index is 11.5. The molecule has 7 nitrogen and oxygen atoms in total. The van der Waals surface area contributed by atoms with E-state index in [1.54, 1.807) is 0 Å². The van der Waals surface area contributed by atoms with E-state index >= 15 is 0 Å². The number of ether oxygens (including phenoxy) is 2. The summed E-state index contributed by atoms with van der Waals surface area (Å²) in [6, 6.07) is 21.5. The van der Waals surface area contributed by atoms with Crippen molar-refractivity contribution in [1.29, 1.82) is 0 Å². The number of fused-ring (bicyclic) bond motifs is 2. The summed E-state index contributed by atoms with van der Waals surface area (Å²) in [7, 11) is 5.46. The van der Waals surface area contributed by atoms with Crippen LogP contribution in [0.4, 0.5) is 11.4 Å². The quantitative estimate of drug-likeness (QED) is 0.417. The van der Waals surface area contributed by atoms with Gasteiger partial charge >= 0.3 is 0 Å². The van der Waals surface area contributed by atoms with Crippen molar-refractivity contribution in [2.75, 3.05) is 26.2 Å². The molecule has 7 heteroatoms. The molecule has 5 rings (SSSR count). The lowest BCUT2D eigenvalue weighted by molar-refractivity contribution is -0.385. The highest BCUT2D eigenvalue weighted by atomic mass is 16.6.